The third-order valence-corrected chi connectivity index (χ3v) is 2.19. The van der Waals surface area contributed by atoms with E-state index in [4.69, 9.17) is 25.8 Å². The van der Waals surface area contributed by atoms with Gasteiger partial charge in [-0.1, -0.05) is 0 Å². The number of aliphatic carboxylic acids is 1. The highest BCUT2D eigenvalue weighted by atomic mass is 16.6. The van der Waals surface area contributed by atoms with Crippen molar-refractivity contribution in [3.05, 3.63) is 0 Å². The number of ether oxygens (including phenoxy) is 1. The van der Waals surface area contributed by atoms with Gasteiger partial charge in [0.05, 0.1) is 12.6 Å². The summed E-state index contributed by atoms with van der Waals surface area (Å²) in [6.07, 6.45) is -5.13. The van der Waals surface area contributed by atoms with Crippen molar-refractivity contribution in [2.45, 2.75) is 30.5 Å². The van der Waals surface area contributed by atoms with Crippen LogP contribution in [0.3, 0.4) is 0 Å². The molecule has 0 unspecified atom stereocenters. The summed E-state index contributed by atoms with van der Waals surface area (Å²) in [4.78, 5) is 10.6. The summed E-state index contributed by atoms with van der Waals surface area (Å²) in [6, 6.07) is -1.10. The molecule has 0 bridgehead atoms. The molecule has 0 aromatic heterocycles. The van der Waals surface area contributed by atoms with Crippen LogP contribution in [-0.2, 0) is 9.53 Å². The van der Waals surface area contributed by atoms with Crippen molar-refractivity contribution in [2.24, 2.45) is 5.73 Å². The van der Waals surface area contributed by atoms with Crippen molar-refractivity contribution in [1.82, 2.24) is 0 Å². The van der Waals surface area contributed by atoms with Crippen LogP contribution in [-0.4, -0.2) is 63.5 Å². The summed E-state index contributed by atoms with van der Waals surface area (Å²) in [6.45, 7) is -0.624. The minimum Gasteiger partial charge on any atom is -0.479 e. The van der Waals surface area contributed by atoms with Gasteiger partial charge in [-0.25, -0.2) is 4.79 Å². The van der Waals surface area contributed by atoms with Crippen LogP contribution < -0.4 is 5.73 Å². The summed E-state index contributed by atoms with van der Waals surface area (Å²) in [5, 5.41) is 35.8. The van der Waals surface area contributed by atoms with Crippen LogP contribution in [0.1, 0.15) is 0 Å². The number of nitrogens with two attached hydrogens (primary N) is 1. The molecule has 7 heteroatoms. The Bertz CT molecular complexity index is 222. The number of carboxylic acid groups (broad SMARTS) is 1. The predicted molar refractivity (Wildman–Crippen MR) is 43.4 cm³/mol. The van der Waals surface area contributed by atoms with E-state index in [1.807, 2.05) is 0 Å². The Hall–Kier alpha value is -0.730. The predicted octanol–water partition coefficient (Wildman–Crippen LogP) is -3.12. The van der Waals surface area contributed by atoms with Gasteiger partial charge >= 0.3 is 5.97 Å². The van der Waals surface area contributed by atoms with E-state index in [1.165, 1.54) is 0 Å². The van der Waals surface area contributed by atoms with E-state index in [0.717, 1.165) is 0 Å². The van der Waals surface area contributed by atoms with E-state index < -0.39 is 43.0 Å². The molecule has 0 radical (unpaired) electrons. The number of carbonyl (C=O) groups is 1. The van der Waals surface area contributed by atoms with Crippen molar-refractivity contribution in [3.63, 3.8) is 0 Å². The highest BCUT2D eigenvalue weighted by molar-refractivity contribution is 5.74. The molecule has 1 rings (SSSR count). The Morgan fingerprint density at radius 3 is 2.50 bits per heavy atom. The van der Waals surface area contributed by atoms with Gasteiger partial charge in [-0.2, -0.15) is 0 Å². The fraction of sp³-hybridized carbons (Fsp3) is 0.857. The molecule has 0 aliphatic carbocycles. The van der Waals surface area contributed by atoms with Crippen molar-refractivity contribution >= 4 is 5.97 Å². The maximum atomic E-state index is 10.6. The molecule has 1 aliphatic heterocycles. The van der Waals surface area contributed by atoms with Gasteiger partial charge in [0.15, 0.2) is 6.10 Å². The molecule has 6 N–H and O–H groups in total. The molecule has 5 atom stereocenters. The third-order valence-electron chi connectivity index (χ3n) is 2.19. The van der Waals surface area contributed by atoms with Crippen LogP contribution in [0.4, 0.5) is 0 Å². The van der Waals surface area contributed by atoms with Crippen LogP contribution >= 0.6 is 0 Å². The molecule has 0 saturated carbocycles. The molecule has 1 aliphatic rings. The van der Waals surface area contributed by atoms with Crippen LogP contribution in [0.5, 0.6) is 0 Å². The largest absolute Gasteiger partial charge is 0.479 e. The average Bonchev–Trinajstić information content (AvgIpc) is 2.43. The van der Waals surface area contributed by atoms with Crippen molar-refractivity contribution in [3.8, 4) is 0 Å². The molecule has 7 nitrogen and oxygen atoms in total. The lowest BCUT2D eigenvalue weighted by Gasteiger charge is -2.18. The molecular formula is C7H13NO6. The SMILES string of the molecule is N[C@H]1[C@@H](O)[C@@H]([C@H](O)CO)O[C@@H]1C(=O)O. The topological polar surface area (TPSA) is 133 Å². The standard InChI is InChI=1S/C7H13NO6/c8-3-4(11)5(2(10)1-9)14-6(3)7(12)13/h2-6,9-11H,1,8H2,(H,12,13)/t2-,3+,4-,5-,6+/m1/s1. The lowest BCUT2D eigenvalue weighted by Crippen LogP contribution is -2.45. The van der Waals surface area contributed by atoms with E-state index in [-0.39, 0.29) is 0 Å². The number of aliphatic hydroxyl groups is 3. The molecule has 1 heterocycles. The van der Waals surface area contributed by atoms with Crippen molar-refractivity contribution in [2.75, 3.05) is 6.61 Å². The zero-order chi connectivity index (χ0) is 10.9. The summed E-state index contributed by atoms with van der Waals surface area (Å²) in [7, 11) is 0. The molecule has 0 aromatic rings. The van der Waals surface area contributed by atoms with Crippen LogP contribution in [0.15, 0.2) is 0 Å². The van der Waals surface area contributed by atoms with Gasteiger partial charge in [-0.05, 0) is 0 Å². The highest BCUT2D eigenvalue weighted by Crippen LogP contribution is 2.22. The van der Waals surface area contributed by atoms with E-state index in [0.29, 0.717) is 0 Å². The van der Waals surface area contributed by atoms with Gasteiger partial charge in [0, 0.05) is 0 Å². The second kappa shape index (κ2) is 4.20. The quantitative estimate of drug-likeness (QED) is 0.330. The fourth-order valence-electron chi connectivity index (χ4n) is 1.38. The van der Waals surface area contributed by atoms with Gasteiger partial charge < -0.3 is 30.9 Å². The molecule has 0 aromatic carbocycles. The number of aliphatic hydroxyl groups excluding tert-OH is 3. The molecule has 82 valence electrons. The third kappa shape index (κ3) is 1.86. The number of hydrogen-bond donors (Lipinski definition) is 5. The summed E-state index contributed by atoms with van der Waals surface area (Å²) < 4.78 is 4.82. The Morgan fingerprint density at radius 1 is 1.57 bits per heavy atom. The maximum Gasteiger partial charge on any atom is 0.334 e. The average molecular weight is 207 g/mol. The van der Waals surface area contributed by atoms with E-state index in [9.17, 15) is 9.90 Å². The van der Waals surface area contributed by atoms with Crippen molar-refractivity contribution in [1.29, 1.82) is 0 Å². The Kier molecular flexibility index (Phi) is 3.40. The van der Waals surface area contributed by atoms with Crippen LogP contribution in [0.25, 0.3) is 0 Å². The first-order valence-corrected chi connectivity index (χ1v) is 4.10. The Morgan fingerprint density at radius 2 is 2.14 bits per heavy atom. The first-order valence-electron chi connectivity index (χ1n) is 4.10. The second-order valence-electron chi connectivity index (χ2n) is 3.18. The normalized spacial score (nSPS) is 39.7. The van der Waals surface area contributed by atoms with Crippen LogP contribution in [0, 0.1) is 0 Å². The molecule has 14 heavy (non-hydrogen) atoms. The first kappa shape index (κ1) is 11.3. The molecule has 0 amide bonds. The van der Waals surface area contributed by atoms with Gasteiger partial charge in [0.2, 0.25) is 0 Å². The molecule has 0 spiro atoms. The van der Waals surface area contributed by atoms with Gasteiger partial charge in [-0.3, -0.25) is 0 Å². The monoisotopic (exact) mass is 207 g/mol. The minimum atomic E-state index is -1.35. The second-order valence-corrected chi connectivity index (χ2v) is 3.18. The van der Waals surface area contributed by atoms with E-state index in [1.54, 1.807) is 0 Å². The lowest BCUT2D eigenvalue weighted by atomic mass is 10.0. The van der Waals surface area contributed by atoms with Gasteiger partial charge in [-0.15, -0.1) is 0 Å². The van der Waals surface area contributed by atoms with Crippen molar-refractivity contribution < 1.29 is 30.0 Å². The smallest absolute Gasteiger partial charge is 0.334 e. The molecular weight excluding hydrogens is 194 g/mol. The number of rotatable bonds is 3. The minimum absolute atomic E-state index is 0.624. The van der Waals surface area contributed by atoms with Gasteiger partial charge in [0.25, 0.3) is 0 Å². The first-order chi connectivity index (χ1) is 6.49. The van der Waals surface area contributed by atoms with Gasteiger partial charge in [0.1, 0.15) is 18.3 Å². The molecule has 1 saturated heterocycles. The zero-order valence-corrected chi connectivity index (χ0v) is 7.28. The highest BCUT2D eigenvalue weighted by Gasteiger charge is 2.47. The summed E-state index contributed by atoms with van der Waals surface area (Å²) in [5.41, 5.74) is 5.36. The summed E-state index contributed by atoms with van der Waals surface area (Å²) >= 11 is 0. The van der Waals surface area contributed by atoms with E-state index >= 15 is 0 Å². The molecule has 1 fully saturated rings. The fourth-order valence-corrected chi connectivity index (χ4v) is 1.38. The maximum absolute atomic E-state index is 10.6. The number of hydrogen-bond acceptors (Lipinski definition) is 6. The Labute approximate surface area is 79.7 Å². The lowest BCUT2D eigenvalue weighted by molar-refractivity contribution is -0.153. The summed E-state index contributed by atoms with van der Waals surface area (Å²) in [5.74, 6) is -1.30. The van der Waals surface area contributed by atoms with E-state index in [2.05, 4.69) is 0 Å². The zero-order valence-electron chi connectivity index (χ0n) is 7.28. The van der Waals surface area contributed by atoms with Crippen LogP contribution in [0.2, 0.25) is 0 Å². The Balaban J connectivity index is 2.71. The number of carboxylic acids is 1.